The zero-order chi connectivity index (χ0) is 40.6. The molecule has 61 heavy (non-hydrogen) atoms. The average molecular weight is 795 g/mol. The van der Waals surface area contributed by atoms with Crippen LogP contribution in [0.15, 0.2) is 255 Å². The third-order valence-corrected chi connectivity index (χ3v) is 17.1. The number of rotatable bonds is 9. The Bertz CT molecular complexity index is 3190. The van der Waals surface area contributed by atoms with Crippen molar-refractivity contribution >= 4 is 78.5 Å². The van der Waals surface area contributed by atoms with Gasteiger partial charge in [-0.3, -0.25) is 0 Å². The number of aromatic nitrogens is 1. The molecule has 0 bridgehead atoms. The van der Waals surface area contributed by atoms with Gasteiger partial charge in [-0.1, -0.05) is 206 Å². The lowest BCUT2D eigenvalue weighted by atomic mass is 10.0. The van der Waals surface area contributed by atoms with Gasteiger partial charge < -0.3 is 9.47 Å². The first-order valence-corrected chi connectivity index (χ1v) is 23.0. The molecule has 0 amide bonds. The molecule has 0 aliphatic rings. The van der Waals surface area contributed by atoms with Gasteiger partial charge in [0.2, 0.25) is 0 Å². The normalized spacial score (nSPS) is 11.6. The predicted octanol–water partition coefficient (Wildman–Crippen LogP) is 12.5. The Morgan fingerprint density at radius 2 is 0.836 bits per heavy atom. The van der Waals surface area contributed by atoms with E-state index in [0.29, 0.717) is 0 Å². The fourth-order valence-electron chi connectivity index (χ4n) is 9.57. The minimum absolute atomic E-state index is 1.09. The van der Waals surface area contributed by atoms with E-state index in [2.05, 4.69) is 264 Å². The molecule has 11 aromatic rings. The molecule has 0 fully saturated rings. The summed E-state index contributed by atoms with van der Waals surface area (Å²) in [6.45, 7) is 0. The molecule has 0 saturated heterocycles. The molecule has 0 saturated carbocycles. The molecule has 0 spiro atoms. The van der Waals surface area contributed by atoms with Gasteiger partial charge in [-0.2, -0.15) is 0 Å². The first-order chi connectivity index (χ1) is 30.3. The van der Waals surface area contributed by atoms with E-state index in [0.717, 1.165) is 28.3 Å². The van der Waals surface area contributed by atoms with Gasteiger partial charge >= 0.3 is 0 Å². The van der Waals surface area contributed by atoms with Crippen LogP contribution in [-0.4, -0.2) is 12.6 Å². The molecule has 0 atom stereocenters. The Hall–Kier alpha value is -7.72. The van der Waals surface area contributed by atoms with Crippen molar-refractivity contribution in [3.63, 3.8) is 0 Å². The Morgan fingerprint density at radius 3 is 1.51 bits per heavy atom. The maximum atomic E-state index is 2.45. The number of hydrogen-bond donors (Lipinski definition) is 0. The Balaban J connectivity index is 1.15. The van der Waals surface area contributed by atoms with Gasteiger partial charge in [-0.15, -0.1) is 0 Å². The molecule has 2 nitrogen and oxygen atoms in total. The second-order valence-corrected chi connectivity index (χ2v) is 19.5. The summed E-state index contributed by atoms with van der Waals surface area (Å²) in [5.41, 5.74) is 9.14. The van der Waals surface area contributed by atoms with Crippen LogP contribution in [0.3, 0.4) is 0 Å². The van der Waals surface area contributed by atoms with Crippen LogP contribution in [0.4, 0.5) is 17.1 Å². The van der Waals surface area contributed by atoms with E-state index >= 15 is 0 Å². The Kier molecular flexibility index (Phi) is 9.22. The van der Waals surface area contributed by atoms with Gasteiger partial charge in [-0.25, -0.2) is 0 Å². The van der Waals surface area contributed by atoms with Gasteiger partial charge in [-0.05, 0) is 85.6 Å². The van der Waals surface area contributed by atoms with E-state index in [9.17, 15) is 0 Å². The molecule has 1 heterocycles. The van der Waals surface area contributed by atoms with Gasteiger partial charge in [0.25, 0.3) is 0 Å². The summed E-state index contributed by atoms with van der Waals surface area (Å²) < 4.78 is 2.44. The van der Waals surface area contributed by atoms with Gasteiger partial charge in [0, 0.05) is 33.4 Å². The highest BCUT2D eigenvalue weighted by atomic mass is 28.3. The van der Waals surface area contributed by atoms with E-state index in [1.54, 1.807) is 0 Å². The quantitative estimate of drug-likeness (QED) is 0.104. The van der Waals surface area contributed by atoms with Crippen molar-refractivity contribution in [1.82, 2.24) is 4.57 Å². The highest BCUT2D eigenvalue weighted by Crippen LogP contribution is 2.43. The number of benzene rings is 10. The summed E-state index contributed by atoms with van der Waals surface area (Å²) in [6.07, 6.45) is 0. The van der Waals surface area contributed by atoms with Crippen molar-refractivity contribution in [3.05, 3.63) is 255 Å². The number of fused-ring (bicyclic) bond motifs is 4. The number of nitrogens with zero attached hydrogens (tertiary/aromatic N) is 2. The minimum atomic E-state index is -2.72. The maximum Gasteiger partial charge on any atom is 0.179 e. The summed E-state index contributed by atoms with van der Waals surface area (Å²) in [5.74, 6) is 0. The predicted molar refractivity (Wildman–Crippen MR) is 262 cm³/mol. The third kappa shape index (κ3) is 6.26. The fourth-order valence-corrected chi connectivity index (χ4v) is 14.3. The maximum absolute atomic E-state index is 2.72. The van der Waals surface area contributed by atoms with Crippen molar-refractivity contribution in [2.75, 3.05) is 4.90 Å². The summed E-state index contributed by atoms with van der Waals surface area (Å²) in [6, 6.07) is 93.7. The number of para-hydroxylation sites is 2. The zero-order valence-electron chi connectivity index (χ0n) is 33.6. The molecule has 0 aliphatic carbocycles. The monoisotopic (exact) mass is 794 g/mol. The van der Waals surface area contributed by atoms with Crippen molar-refractivity contribution in [1.29, 1.82) is 0 Å². The van der Waals surface area contributed by atoms with Crippen molar-refractivity contribution in [2.45, 2.75) is 0 Å². The highest BCUT2D eigenvalue weighted by Gasteiger charge is 2.41. The Labute approximate surface area is 357 Å². The van der Waals surface area contributed by atoms with Crippen molar-refractivity contribution in [2.24, 2.45) is 0 Å². The number of hydrogen-bond acceptors (Lipinski definition) is 1. The molecule has 0 N–H and O–H groups in total. The molecule has 0 aliphatic heterocycles. The number of anilines is 3. The largest absolute Gasteiger partial charge is 0.310 e. The molecule has 0 unspecified atom stereocenters. The van der Waals surface area contributed by atoms with Crippen LogP contribution in [-0.2, 0) is 0 Å². The highest BCUT2D eigenvalue weighted by molar-refractivity contribution is 7.19. The third-order valence-electron chi connectivity index (χ3n) is 12.3. The molecule has 288 valence electrons. The van der Waals surface area contributed by atoms with E-state index in [1.165, 1.54) is 58.9 Å². The minimum Gasteiger partial charge on any atom is -0.310 e. The molecule has 0 radical (unpaired) electrons. The summed E-state index contributed by atoms with van der Waals surface area (Å²) >= 11 is 0. The fraction of sp³-hybridized carbons (Fsp3) is 0. The topological polar surface area (TPSA) is 8.17 Å². The van der Waals surface area contributed by atoms with Crippen LogP contribution in [0.2, 0.25) is 0 Å². The Morgan fingerprint density at radius 1 is 0.328 bits per heavy atom. The lowest BCUT2D eigenvalue weighted by Crippen LogP contribution is -2.74. The summed E-state index contributed by atoms with van der Waals surface area (Å²) in [5, 5.41) is 10.3. The lowest BCUT2D eigenvalue weighted by molar-refractivity contribution is 1.18. The molecular weight excluding hydrogens is 753 g/mol. The summed E-state index contributed by atoms with van der Waals surface area (Å²) in [7, 11) is -2.72. The standard InChI is InChI=1S/C58H42N2Si/c1-5-20-44(21-6-1)53-29-15-17-31-56(53)59(48-37-40-55-54-30-16-18-32-57(54)60(58(55)42-48)47-34-33-43-19-13-14-22-45(43)41-47)46-35-38-52(39-36-46)61(49-23-7-2-8-24-49,50-25-9-3-10-26-50)51-27-11-4-12-28-51/h1-42H. The second-order valence-electron chi connectivity index (χ2n) is 15.7. The second kappa shape index (κ2) is 15.5. The molecule has 1 aromatic heterocycles. The van der Waals surface area contributed by atoms with Crippen LogP contribution in [0.5, 0.6) is 0 Å². The first kappa shape index (κ1) is 36.4. The van der Waals surface area contributed by atoms with Gasteiger partial charge in [0.05, 0.1) is 16.7 Å². The van der Waals surface area contributed by atoms with E-state index in [1.807, 2.05) is 0 Å². The lowest BCUT2D eigenvalue weighted by Gasteiger charge is -2.35. The SMILES string of the molecule is c1ccc(-c2ccccc2N(c2ccc([Si](c3ccccc3)(c3ccccc3)c3ccccc3)cc2)c2ccc3c4ccccc4n(-c4ccc5ccccc5c4)c3c2)cc1. The van der Waals surface area contributed by atoms with Gasteiger partial charge in [0.15, 0.2) is 8.07 Å². The van der Waals surface area contributed by atoms with Crippen molar-refractivity contribution < 1.29 is 0 Å². The zero-order valence-corrected chi connectivity index (χ0v) is 34.6. The van der Waals surface area contributed by atoms with Crippen LogP contribution in [0.1, 0.15) is 0 Å². The molecule has 3 heteroatoms. The van der Waals surface area contributed by atoms with E-state index < -0.39 is 8.07 Å². The smallest absolute Gasteiger partial charge is 0.179 e. The van der Waals surface area contributed by atoms with Gasteiger partial charge in [0.1, 0.15) is 0 Å². The van der Waals surface area contributed by atoms with Crippen molar-refractivity contribution in [3.8, 4) is 16.8 Å². The molecule has 10 aromatic carbocycles. The summed E-state index contributed by atoms with van der Waals surface area (Å²) in [4.78, 5) is 2.45. The molecular formula is C58H42N2Si. The van der Waals surface area contributed by atoms with Crippen LogP contribution in [0.25, 0.3) is 49.4 Å². The first-order valence-electron chi connectivity index (χ1n) is 21.0. The van der Waals surface area contributed by atoms with E-state index in [-0.39, 0.29) is 0 Å². The van der Waals surface area contributed by atoms with Crippen LogP contribution in [0, 0.1) is 0 Å². The van der Waals surface area contributed by atoms with E-state index in [4.69, 9.17) is 0 Å². The average Bonchev–Trinajstić information content (AvgIpc) is 3.67. The van der Waals surface area contributed by atoms with Crippen LogP contribution >= 0.6 is 0 Å². The molecule has 11 rings (SSSR count). The van der Waals surface area contributed by atoms with Crippen LogP contribution < -0.4 is 25.6 Å².